The van der Waals surface area contributed by atoms with Crippen molar-refractivity contribution < 1.29 is 9.53 Å². The predicted octanol–water partition coefficient (Wildman–Crippen LogP) is 2.81. The van der Waals surface area contributed by atoms with E-state index in [4.69, 9.17) is 4.74 Å². The minimum Gasteiger partial charge on any atom is -0.481 e. The molecular weight excluding hydrogens is 316 g/mol. The summed E-state index contributed by atoms with van der Waals surface area (Å²) in [5, 5.41) is 3.77. The zero-order chi connectivity index (χ0) is 17.1. The number of pyridine rings is 1. The lowest BCUT2D eigenvalue weighted by Crippen LogP contribution is -2.28. The number of aromatic nitrogens is 3. The number of para-hydroxylation sites is 3. The Bertz CT molecular complexity index is 1000. The molecule has 0 bridgehead atoms. The molecule has 4 aromatic rings. The molecule has 4 rings (SSSR count). The molecule has 124 valence electrons. The smallest absolute Gasteiger partial charge is 0.258 e. The molecule has 25 heavy (non-hydrogen) atoms. The van der Waals surface area contributed by atoms with Crippen LogP contribution in [0.1, 0.15) is 5.82 Å². The molecule has 0 radical (unpaired) electrons. The van der Waals surface area contributed by atoms with E-state index in [2.05, 4.69) is 20.3 Å². The maximum absolute atomic E-state index is 12.0. The number of nitrogens with zero attached hydrogens (tertiary/aromatic N) is 2. The summed E-state index contributed by atoms with van der Waals surface area (Å²) in [6.45, 7) is 0.251. The minimum absolute atomic E-state index is 0.0735. The SMILES string of the molecule is O=C(COc1cccc2cccnc12)NCc1nc2ccccc2[nH]1. The van der Waals surface area contributed by atoms with E-state index in [-0.39, 0.29) is 12.5 Å². The van der Waals surface area contributed by atoms with Crippen molar-refractivity contribution in [1.82, 2.24) is 20.3 Å². The second-order valence-electron chi connectivity index (χ2n) is 5.60. The third-order valence-electron chi connectivity index (χ3n) is 3.85. The van der Waals surface area contributed by atoms with Crippen molar-refractivity contribution in [2.45, 2.75) is 6.54 Å². The molecule has 2 heterocycles. The molecule has 6 nitrogen and oxygen atoms in total. The number of carbonyl (C=O) groups is 1. The van der Waals surface area contributed by atoms with Gasteiger partial charge in [0.1, 0.15) is 17.1 Å². The molecule has 2 aromatic carbocycles. The van der Waals surface area contributed by atoms with Crippen LogP contribution >= 0.6 is 0 Å². The van der Waals surface area contributed by atoms with E-state index in [1.54, 1.807) is 6.20 Å². The molecule has 0 atom stereocenters. The summed E-state index contributed by atoms with van der Waals surface area (Å²) in [6, 6.07) is 17.2. The molecule has 0 fully saturated rings. The van der Waals surface area contributed by atoms with Gasteiger partial charge in [-0.2, -0.15) is 0 Å². The van der Waals surface area contributed by atoms with Gasteiger partial charge in [-0.3, -0.25) is 9.78 Å². The lowest BCUT2D eigenvalue weighted by atomic mass is 10.2. The summed E-state index contributed by atoms with van der Waals surface area (Å²) in [4.78, 5) is 23.9. The van der Waals surface area contributed by atoms with Gasteiger partial charge < -0.3 is 15.0 Å². The highest BCUT2D eigenvalue weighted by atomic mass is 16.5. The Kier molecular flexibility index (Phi) is 4.00. The topological polar surface area (TPSA) is 79.9 Å². The maximum Gasteiger partial charge on any atom is 0.258 e. The highest BCUT2D eigenvalue weighted by Crippen LogP contribution is 2.22. The fourth-order valence-corrected chi connectivity index (χ4v) is 2.66. The molecule has 0 aliphatic carbocycles. The Hall–Kier alpha value is -3.41. The second-order valence-corrected chi connectivity index (χ2v) is 5.60. The van der Waals surface area contributed by atoms with Crippen molar-refractivity contribution in [1.29, 1.82) is 0 Å². The number of hydrogen-bond donors (Lipinski definition) is 2. The zero-order valence-electron chi connectivity index (χ0n) is 13.4. The van der Waals surface area contributed by atoms with Gasteiger partial charge in [0.2, 0.25) is 0 Å². The summed E-state index contributed by atoms with van der Waals surface area (Å²) >= 11 is 0. The van der Waals surface area contributed by atoms with Gasteiger partial charge in [0.15, 0.2) is 6.61 Å². The van der Waals surface area contributed by atoms with Crippen LogP contribution in [0.25, 0.3) is 21.9 Å². The Morgan fingerprint density at radius 3 is 2.88 bits per heavy atom. The summed E-state index contributed by atoms with van der Waals surface area (Å²) in [5.74, 6) is 1.09. The monoisotopic (exact) mass is 332 g/mol. The highest BCUT2D eigenvalue weighted by molar-refractivity contribution is 5.85. The number of nitrogens with one attached hydrogen (secondary N) is 2. The lowest BCUT2D eigenvalue weighted by Gasteiger charge is -2.08. The van der Waals surface area contributed by atoms with Gasteiger partial charge in [-0.05, 0) is 24.3 Å². The highest BCUT2D eigenvalue weighted by Gasteiger charge is 2.08. The molecule has 6 heteroatoms. The third kappa shape index (κ3) is 3.28. The van der Waals surface area contributed by atoms with Crippen LogP contribution in [0.4, 0.5) is 0 Å². The Morgan fingerprint density at radius 1 is 1.08 bits per heavy atom. The fourth-order valence-electron chi connectivity index (χ4n) is 2.66. The van der Waals surface area contributed by atoms with Crippen LogP contribution in [0.2, 0.25) is 0 Å². The normalized spacial score (nSPS) is 10.9. The van der Waals surface area contributed by atoms with Crippen molar-refractivity contribution in [3.63, 3.8) is 0 Å². The van der Waals surface area contributed by atoms with Crippen molar-refractivity contribution in [2.75, 3.05) is 6.61 Å². The Balaban J connectivity index is 1.37. The Labute approximate surface area is 143 Å². The van der Waals surface area contributed by atoms with Crippen LogP contribution in [0, 0.1) is 0 Å². The van der Waals surface area contributed by atoms with E-state index in [0.717, 1.165) is 21.9 Å². The number of imidazole rings is 1. The number of carbonyl (C=O) groups excluding carboxylic acids is 1. The number of aromatic amines is 1. The molecule has 0 saturated heterocycles. The van der Waals surface area contributed by atoms with Crippen LogP contribution in [0.3, 0.4) is 0 Å². The van der Waals surface area contributed by atoms with E-state index < -0.39 is 0 Å². The first-order valence-electron chi connectivity index (χ1n) is 7.96. The number of hydrogen-bond acceptors (Lipinski definition) is 4. The van der Waals surface area contributed by atoms with Crippen molar-refractivity contribution in [2.24, 2.45) is 0 Å². The molecule has 1 amide bonds. The molecule has 0 unspecified atom stereocenters. The van der Waals surface area contributed by atoms with Crippen LogP contribution in [0.5, 0.6) is 5.75 Å². The number of H-pyrrole nitrogens is 1. The minimum atomic E-state index is -0.214. The average Bonchev–Trinajstić information content (AvgIpc) is 3.07. The van der Waals surface area contributed by atoms with Gasteiger partial charge in [-0.25, -0.2) is 4.98 Å². The van der Waals surface area contributed by atoms with Gasteiger partial charge >= 0.3 is 0 Å². The number of rotatable bonds is 5. The van der Waals surface area contributed by atoms with E-state index in [9.17, 15) is 4.79 Å². The van der Waals surface area contributed by atoms with Gasteiger partial charge in [0.05, 0.1) is 17.6 Å². The van der Waals surface area contributed by atoms with Gasteiger partial charge in [0.25, 0.3) is 5.91 Å². The summed E-state index contributed by atoms with van der Waals surface area (Å²) in [5.41, 5.74) is 2.57. The molecule has 2 N–H and O–H groups in total. The molecule has 2 aromatic heterocycles. The van der Waals surface area contributed by atoms with Gasteiger partial charge in [0, 0.05) is 11.6 Å². The lowest BCUT2D eigenvalue weighted by molar-refractivity contribution is -0.123. The van der Waals surface area contributed by atoms with E-state index in [1.165, 1.54) is 0 Å². The maximum atomic E-state index is 12.0. The van der Waals surface area contributed by atoms with Crippen molar-refractivity contribution in [3.05, 3.63) is 66.6 Å². The van der Waals surface area contributed by atoms with E-state index >= 15 is 0 Å². The van der Waals surface area contributed by atoms with Crippen molar-refractivity contribution in [3.8, 4) is 5.75 Å². The molecule has 0 saturated carbocycles. The van der Waals surface area contributed by atoms with Crippen LogP contribution in [-0.4, -0.2) is 27.5 Å². The fraction of sp³-hybridized carbons (Fsp3) is 0.105. The van der Waals surface area contributed by atoms with Crippen LogP contribution in [0.15, 0.2) is 60.8 Å². The summed E-state index contributed by atoms with van der Waals surface area (Å²) in [6.07, 6.45) is 1.71. The zero-order valence-corrected chi connectivity index (χ0v) is 13.4. The van der Waals surface area contributed by atoms with E-state index in [1.807, 2.05) is 54.6 Å². The summed E-state index contributed by atoms with van der Waals surface area (Å²) < 4.78 is 5.62. The number of fused-ring (bicyclic) bond motifs is 2. The van der Waals surface area contributed by atoms with Crippen LogP contribution < -0.4 is 10.1 Å². The first kappa shape index (κ1) is 15.1. The van der Waals surface area contributed by atoms with Gasteiger partial charge in [-0.1, -0.05) is 30.3 Å². The average molecular weight is 332 g/mol. The number of ether oxygens (including phenoxy) is 1. The molecule has 0 aliphatic heterocycles. The van der Waals surface area contributed by atoms with Crippen molar-refractivity contribution >= 4 is 27.8 Å². The second kappa shape index (κ2) is 6.60. The molecule has 0 spiro atoms. The first-order chi connectivity index (χ1) is 12.3. The quantitative estimate of drug-likeness (QED) is 0.589. The predicted molar refractivity (Wildman–Crippen MR) is 95.2 cm³/mol. The Morgan fingerprint density at radius 2 is 1.96 bits per heavy atom. The van der Waals surface area contributed by atoms with Gasteiger partial charge in [-0.15, -0.1) is 0 Å². The molecule has 0 aliphatic rings. The van der Waals surface area contributed by atoms with Crippen LogP contribution in [-0.2, 0) is 11.3 Å². The third-order valence-corrected chi connectivity index (χ3v) is 3.85. The largest absolute Gasteiger partial charge is 0.481 e. The standard InChI is InChI=1S/C19H16N4O2/c24-18(21-11-17-22-14-7-1-2-8-15(14)23-17)12-25-16-9-3-5-13-6-4-10-20-19(13)16/h1-10H,11-12H2,(H,21,24)(H,22,23). The molecular formula is C19H16N4O2. The van der Waals surface area contributed by atoms with E-state index in [0.29, 0.717) is 18.1 Å². The number of benzene rings is 2. The first-order valence-corrected chi connectivity index (χ1v) is 7.96. The summed E-state index contributed by atoms with van der Waals surface area (Å²) in [7, 11) is 0. The number of amides is 1.